The Morgan fingerprint density at radius 1 is 1.80 bits per heavy atom. The Labute approximate surface area is 58.1 Å². The molecular formula is C6H7N2O2-. The quantitative estimate of drug-likeness (QED) is 0.506. The second kappa shape index (κ2) is 2.13. The van der Waals surface area contributed by atoms with Crippen LogP contribution in [0.1, 0.15) is 16.1 Å². The lowest BCUT2D eigenvalue weighted by Gasteiger charge is -1.95. The van der Waals surface area contributed by atoms with Crippen LogP contribution in [0.4, 0.5) is 0 Å². The number of aromatic nitrogens is 2. The van der Waals surface area contributed by atoms with E-state index >= 15 is 0 Å². The third kappa shape index (κ3) is 1.00. The minimum absolute atomic E-state index is 0.155. The van der Waals surface area contributed by atoms with Gasteiger partial charge in [-0.3, -0.25) is 4.68 Å². The number of carboxylic acid groups (broad SMARTS) is 1. The first-order valence-corrected chi connectivity index (χ1v) is 2.83. The standard InChI is InChI=1S/C6H8N2O2/c1-4-5(6(9)10)3-8(2)7-4/h3H,1-2H3,(H,9,10)/p-1. The zero-order chi connectivity index (χ0) is 7.72. The summed E-state index contributed by atoms with van der Waals surface area (Å²) >= 11 is 0. The molecule has 0 spiro atoms. The normalized spacial score (nSPS) is 9.80. The first-order chi connectivity index (χ1) is 4.61. The Bertz CT molecular complexity index is 265. The summed E-state index contributed by atoms with van der Waals surface area (Å²) in [6.07, 6.45) is 1.42. The van der Waals surface area contributed by atoms with Gasteiger partial charge in [0.1, 0.15) is 0 Å². The van der Waals surface area contributed by atoms with E-state index in [9.17, 15) is 9.90 Å². The molecule has 10 heavy (non-hydrogen) atoms. The lowest BCUT2D eigenvalue weighted by Crippen LogP contribution is -2.22. The largest absolute Gasteiger partial charge is 0.545 e. The highest BCUT2D eigenvalue weighted by atomic mass is 16.4. The lowest BCUT2D eigenvalue weighted by molar-refractivity contribution is -0.255. The number of carboxylic acids is 1. The zero-order valence-electron chi connectivity index (χ0n) is 5.79. The van der Waals surface area contributed by atoms with Gasteiger partial charge in [0, 0.05) is 18.8 Å². The number of nitrogens with zero attached hydrogens (tertiary/aromatic N) is 2. The van der Waals surface area contributed by atoms with Crippen LogP contribution in [-0.4, -0.2) is 15.7 Å². The van der Waals surface area contributed by atoms with Crippen molar-refractivity contribution in [2.45, 2.75) is 6.92 Å². The fraction of sp³-hybridized carbons (Fsp3) is 0.333. The molecular weight excluding hydrogens is 132 g/mol. The first-order valence-electron chi connectivity index (χ1n) is 2.83. The van der Waals surface area contributed by atoms with Gasteiger partial charge in [-0.15, -0.1) is 0 Å². The Balaban J connectivity index is 3.15. The third-order valence-corrected chi connectivity index (χ3v) is 1.23. The molecule has 0 saturated heterocycles. The van der Waals surface area contributed by atoms with Crippen molar-refractivity contribution in [3.05, 3.63) is 17.5 Å². The molecule has 1 rings (SSSR count). The maximum Gasteiger partial charge on any atom is 0.0749 e. The van der Waals surface area contributed by atoms with Crippen LogP contribution in [-0.2, 0) is 7.05 Å². The van der Waals surface area contributed by atoms with Crippen molar-refractivity contribution in [2.24, 2.45) is 7.05 Å². The molecule has 1 aromatic rings. The molecule has 4 nitrogen and oxygen atoms in total. The molecule has 0 aliphatic rings. The van der Waals surface area contributed by atoms with E-state index in [1.165, 1.54) is 10.9 Å². The second-order valence-electron chi connectivity index (χ2n) is 2.09. The second-order valence-corrected chi connectivity index (χ2v) is 2.09. The van der Waals surface area contributed by atoms with Gasteiger partial charge in [0.15, 0.2) is 0 Å². The number of hydrogen-bond donors (Lipinski definition) is 0. The highest BCUT2D eigenvalue weighted by Gasteiger charge is 2.01. The van der Waals surface area contributed by atoms with E-state index in [1.807, 2.05) is 0 Å². The van der Waals surface area contributed by atoms with Gasteiger partial charge in [-0.25, -0.2) is 0 Å². The van der Waals surface area contributed by atoms with Gasteiger partial charge in [0.05, 0.1) is 11.7 Å². The average molecular weight is 139 g/mol. The fourth-order valence-electron chi connectivity index (χ4n) is 0.800. The molecule has 0 fully saturated rings. The lowest BCUT2D eigenvalue weighted by atomic mass is 10.3. The predicted molar refractivity (Wildman–Crippen MR) is 32.3 cm³/mol. The number of aromatic carboxylic acids is 1. The van der Waals surface area contributed by atoms with Crippen LogP contribution >= 0.6 is 0 Å². The Morgan fingerprint density at radius 3 is 2.60 bits per heavy atom. The van der Waals surface area contributed by atoms with E-state index in [0.29, 0.717) is 5.69 Å². The molecule has 0 amide bonds. The summed E-state index contributed by atoms with van der Waals surface area (Å²) < 4.78 is 1.44. The number of aryl methyl sites for hydroxylation is 2. The maximum atomic E-state index is 10.3. The van der Waals surface area contributed by atoms with E-state index in [-0.39, 0.29) is 5.56 Å². The van der Waals surface area contributed by atoms with Crippen LogP contribution in [0.25, 0.3) is 0 Å². The van der Waals surface area contributed by atoms with Crippen molar-refractivity contribution < 1.29 is 9.90 Å². The molecule has 0 bridgehead atoms. The topological polar surface area (TPSA) is 58.0 Å². The third-order valence-electron chi connectivity index (χ3n) is 1.23. The Hall–Kier alpha value is -1.32. The molecule has 0 atom stereocenters. The smallest absolute Gasteiger partial charge is 0.0749 e. The highest BCUT2D eigenvalue weighted by Crippen LogP contribution is 2.01. The molecule has 54 valence electrons. The van der Waals surface area contributed by atoms with Crippen molar-refractivity contribution in [3.63, 3.8) is 0 Å². The van der Waals surface area contributed by atoms with Crippen molar-refractivity contribution in [1.29, 1.82) is 0 Å². The van der Waals surface area contributed by atoms with Crippen LogP contribution in [0, 0.1) is 6.92 Å². The van der Waals surface area contributed by atoms with Gasteiger partial charge in [-0.2, -0.15) is 5.10 Å². The molecule has 0 radical (unpaired) electrons. The number of carbonyl (C=O) groups excluding carboxylic acids is 1. The van der Waals surface area contributed by atoms with E-state index in [0.717, 1.165) is 0 Å². The predicted octanol–water partition coefficient (Wildman–Crippen LogP) is -0.908. The highest BCUT2D eigenvalue weighted by molar-refractivity contribution is 5.86. The monoisotopic (exact) mass is 139 g/mol. The zero-order valence-corrected chi connectivity index (χ0v) is 5.79. The summed E-state index contributed by atoms with van der Waals surface area (Å²) in [7, 11) is 1.67. The molecule has 0 saturated carbocycles. The van der Waals surface area contributed by atoms with Crippen molar-refractivity contribution >= 4 is 5.97 Å². The Kier molecular flexibility index (Phi) is 1.45. The van der Waals surface area contributed by atoms with E-state index in [1.54, 1.807) is 14.0 Å². The van der Waals surface area contributed by atoms with Gasteiger partial charge >= 0.3 is 0 Å². The summed E-state index contributed by atoms with van der Waals surface area (Å²) in [5, 5.41) is 14.1. The Morgan fingerprint density at radius 2 is 2.40 bits per heavy atom. The first kappa shape index (κ1) is 6.80. The van der Waals surface area contributed by atoms with Crippen LogP contribution in [0.5, 0.6) is 0 Å². The van der Waals surface area contributed by atoms with Crippen LogP contribution in [0.3, 0.4) is 0 Å². The minimum Gasteiger partial charge on any atom is -0.545 e. The van der Waals surface area contributed by atoms with Crippen molar-refractivity contribution in [1.82, 2.24) is 9.78 Å². The SMILES string of the molecule is Cc1nn(C)cc1C(=O)[O-]. The molecule has 0 aliphatic carbocycles. The van der Waals surface area contributed by atoms with Gasteiger partial charge in [-0.1, -0.05) is 0 Å². The number of rotatable bonds is 1. The summed E-state index contributed by atoms with van der Waals surface area (Å²) in [5.74, 6) is -1.18. The summed E-state index contributed by atoms with van der Waals surface area (Å²) in [5.41, 5.74) is 0.644. The molecule has 0 unspecified atom stereocenters. The molecule has 0 aliphatic heterocycles. The molecule has 0 aromatic carbocycles. The number of hydrogen-bond acceptors (Lipinski definition) is 3. The molecule has 1 heterocycles. The van der Waals surface area contributed by atoms with E-state index in [4.69, 9.17) is 0 Å². The fourth-order valence-corrected chi connectivity index (χ4v) is 0.800. The van der Waals surface area contributed by atoms with Gasteiger partial charge < -0.3 is 9.90 Å². The van der Waals surface area contributed by atoms with E-state index < -0.39 is 5.97 Å². The van der Waals surface area contributed by atoms with E-state index in [2.05, 4.69) is 5.10 Å². The summed E-state index contributed by atoms with van der Waals surface area (Å²) in [6, 6.07) is 0. The van der Waals surface area contributed by atoms with Crippen LogP contribution in [0.15, 0.2) is 6.20 Å². The average Bonchev–Trinajstić information content (AvgIpc) is 2.10. The molecule has 1 aromatic heterocycles. The summed E-state index contributed by atoms with van der Waals surface area (Å²) in [4.78, 5) is 10.3. The van der Waals surface area contributed by atoms with Crippen LogP contribution in [0.2, 0.25) is 0 Å². The maximum absolute atomic E-state index is 10.3. The van der Waals surface area contributed by atoms with Gasteiger partial charge in [0.25, 0.3) is 0 Å². The van der Waals surface area contributed by atoms with Gasteiger partial charge in [0.2, 0.25) is 0 Å². The molecule has 4 heteroatoms. The minimum atomic E-state index is -1.18. The van der Waals surface area contributed by atoms with Gasteiger partial charge in [-0.05, 0) is 6.92 Å². The molecule has 0 N–H and O–H groups in total. The van der Waals surface area contributed by atoms with Crippen LogP contribution < -0.4 is 5.11 Å². The van der Waals surface area contributed by atoms with Crippen molar-refractivity contribution in [2.75, 3.05) is 0 Å². The summed E-state index contributed by atoms with van der Waals surface area (Å²) in [6.45, 7) is 1.63. The van der Waals surface area contributed by atoms with Crippen molar-refractivity contribution in [3.8, 4) is 0 Å². The number of carbonyl (C=O) groups is 1.